The van der Waals surface area contributed by atoms with Crippen LogP contribution < -0.4 is 0 Å². The van der Waals surface area contributed by atoms with E-state index in [2.05, 4.69) is 15.9 Å². The number of non-ortho nitro benzene ring substituents is 1. The smallest absolute Gasteiger partial charge is 0.270 e. The monoisotopic (exact) mass is 269 g/mol. The summed E-state index contributed by atoms with van der Waals surface area (Å²) in [5, 5.41) is 11.1. The number of alkyl halides is 1. The lowest BCUT2D eigenvalue weighted by molar-refractivity contribution is -0.384. The van der Waals surface area contributed by atoms with E-state index >= 15 is 0 Å². The van der Waals surface area contributed by atoms with Crippen LogP contribution in [0.15, 0.2) is 24.3 Å². The van der Waals surface area contributed by atoms with Crippen molar-refractivity contribution in [2.75, 3.05) is 5.33 Å². The van der Waals surface area contributed by atoms with Crippen molar-refractivity contribution in [3.05, 3.63) is 45.5 Å². The highest BCUT2D eigenvalue weighted by molar-refractivity contribution is 9.09. The first-order valence-electron chi connectivity index (χ1n) is 4.15. The zero-order valence-electron chi connectivity index (χ0n) is 7.72. The van der Waals surface area contributed by atoms with Gasteiger partial charge in [-0.3, -0.25) is 14.9 Å². The minimum Gasteiger partial charge on any atom is -0.298 e. The van der Waals surface area contributed by atoms with Gasteiger partial charge in [0.1, 0.15) is 0 Å². The molecule has 1 aromatic rings. The molecule has 0 amide bonds. The van der Waals surface area contributed by atoms with Gasteiger partial charge in [-0.25, -0.2) is 0 Å². The summed E-state index contributed by atoms with van der Waals surface area (Å²) < 4.78 is 0. The van der Waals surface area contributed by atoms with Gasteiger partial charge in [0.05, 0.1) is 4.92 Å². The Kier molecular flexibility index (Phi) is 4.17. The molecular formula is C10H8BrNO3. The first kappa shape index (κ1) is 11.6. The number of nitro benzene ring substituents is 1. The topological polar surface area (TPSA) is 60.2 Å². The molecule has 15 heavy (non-hydrogen) atoms. The summed E-state index contributed by atoms with van der Waals surface area (Å²) >= 11 is 3.21. The number of allylic oxidation sites excluding steroid dienone is 1. The fourth-order valence-corrected chi connectivity index (χ4v) is 1.29. The lowest BCUT2D eigenvalue weighted by Crippen LogP contribution is -1.92. The number of halogens is 1. The summed E-state index contributed by atoms with van der Waals surface area (Å²) in [6.45, 7) is 0. The van der Waals surface area contributed by atoms with Crippen LogP contribution in [0, 0.1) is 10.1 Å². The van der Waals surface area contributed by atoms with Crippen molar-refractivity contribution < 1.29 is 9.72 Å². The first-order valence-corrected chi connectivity index (χ1v) is 5.27. The molecule has 5 heteroatoms. The average molecular weight is 270 g/mol. The fourth-order valence-electron chi connectivity index (χ4n) is 1.10. The average Bonchev–Trinajstić information content (AvgIpc) is 2.25. The van der Waals surface area contributed by atoms with Gasteiger partial charge in [-0.05, 0) is 11.6 Å². The van der Waals surface area contributed by atoms with Crippen LogP contribution >= 0.6 is 15.9 Å². The molecule has 1 aromatic carbocycles. The van der Waals surface area contributed by atoms with E-state index < -0.39 is 4.92 Å². The van der Waals surface area contributed by atoms with Crippen molar-refractivity contribution in [2.45, 2.75) is 0 Å². The zero-order valence-corrected chi connectivity index (χ0v) is 9.31. The Morgan fingerprint density at radius 2 is 2.13 bits per heavy atom. The van der Waals surface area contributed by atoms with Gasteiger partial charge in [-0.15, -0.1) is 0 Å². The van der Waals surface area contributed by atoms with Crippen molar-refractivity contribution in [3.63, 3.8) is 0 Å². The van der Waals surface area contributed by atoms with Gasteiger partial charge in [-0.1, -0.05) is 28.1 Å². The second kappa shape index (κ2) is 5.41. The van der Waals surface area contributed by atoms with Crippen LogP contribution in [0.4, 0.5) is 5.69 Å². The molecule has 0 spiro atoms. The Morgan fingerprint density at radius 1 is 1.40 bits per heavy atom. The van der Waals surface area contributed by atoms with Crippen molar-refractivity contribution in [1.29, 1.82) is 0 Å². The van der Waals surface area contributed by atoms with Crippen LogP contribution in [0.25, 0.3) is 6.08 Å². The summed E-state index contributed by atoms with van der Waals surface area (Å²) in [5.41, 5.74) is 0.921. The molecule has 4 nitrogen and oxygen atoms in total. The van der Waals surface area contributed by atoms with Gasteiger partial charge in [0, 0.05) is 23.0 Å². The summed E-state index contributed by atoms with van der Waals surface area (Å²) in [6.07, 6.45) is 4.16. The van der Waals surface area contributed by atoms with Gasteiger partial charge >= 0.3 is 0 Å². The van der Waals surface area contributed by atoms with E-state index in [1.54, 1.807) is 12.1 Å². The number of aldehydes is 1. The van der Waals surface area contributed by atoms with Crippen molar-refractivity contribution >= 4 is 34.0 Å². The molecule has 0 N–H and O–H groups in total. The van der Waals surface area contributed by atoms with E-state index in [-0.39, 0.29) is 5.69 Å². The largest absolute Gasteiger partial charge is 0.298 e. The van der Waals surface area contributed by atoms with Crippen LogP contribution in [-0.2, 0) is 0 Å². The van der Waals surface area contributed by atoms with Gasteiger partial charge in [-0.2, -0.15) is 0 Å². The van der Waals surface area contributed by atoms with Crippen LogP contribution in [0.1, 0.15) is 15.9 Å². The molecule has 0 aliphatic heterocycles. The van der Waals surface area contributed by atoms with Crippen LogP contribution in [0.2, 0.25) is 0 Å². The Hall–Kier alpha value is -1.49. The van der Waals surface area contributed by atoms with E-state index in [0.717, 1.165) is 0 Å². The molecule has 0 saturated carbocycles. The van der Waals surface area contributed by atoms with E-state index in [1.807, 2.05) is 6.08 Å². The Balaban J connectivity index is 3.14. The third-order valence-corrected chi connectivity index (χ3v) is 2.17. The molecule has 78 valence electrons. The van der Waals surface area contributed by atoms with Gasteiger partial charge in [0.2, 0.25) is 0 Å². The second-order valence-corrected chi connectivity index (χ2v) is 3.39. The van der Waals surface area contributed by atoms with Crippen molar-refractivity contribution in [1.82, 2.24) is 0 Å². The second-order valence-electron chi connectivity index (χ2n) is 2.74. The highest BCUT2D eigenvalue weighted by atomic mass is 79.9. The van der Waals surface area contributed by atoms with E-state index in [1.165, 1.54) is 12.1 Å². The number of carbonyl (C=O) groups is 1. The molecule has 0 aliphatic carbocycles. The number of rotatable bonds is 4. The van der Waals surface area contributed by atoms with Crippen LogP contribution in [0.5, 0.6) is 0 Å². The highest BCUT2D eigenvalue weighted by Gasteiger charge is 2.08. The van der Waals surface area contributed by atoms with Crippen LogP contribution in [0.3, 0.4) is 0 Å². The minimum atomic E-state index is -0.523. The third kappa shape index (κ3) is 2.99. The summed E-state index contributed by atoms with van der Waals surface area (Å²) in [6, 6.07) is 4.20. The SMILES string of the molecule is O=Cc1cc([N+](=O)[O-])ccc1C=CCBr. The molecule has 0 fully saturated rings. The number of benzene rings is 1. The Bertz CT molecular complexity index is 415. The molecule has 1 rings (SSSR count). The lowest BCUT2D eigenvalue weighted by atomic mass is 10.1. The predicted molar refractivity (Wildman–Crippen MR) is 61.3 cm³/mol. The van der Waals surface area contributed by atoms with Crippen LogP contribution in [-0.4, -0.2) is 16.5 Å². The summed E-state index contributed by atoms with van der Waals surface area (Å²) in [7, 11) is 0. The molecule has 0 bridgehead atoms. The number of nitrogens with zero attached hydrogens (tertiary/aromatic N) is 1. The van der Waals surface area contributed by atoms with E-state index in [4.69, 9.17) is 0 Å². The van der Waals surface area contributed by atoms with Gasteiger partial charge < -0.3 is 0 Å². The maximum Gasteiger partial charge on any atom is 0.270 e. The standard InChI is InChI=1S/C10H8BrNO3/c11-5-1-2-8-3-4-10(12(14)15)6-9(8)7-13/h1-4,6-7H,5H2. The summed E-state index contributed by atoms with van der Waals surface area (Å²) in [4.78, 5) is 20.6. The normalized spacial score (nSPS) is 10.5. The molecule has 0 atom stereocenters. The van der Waals surface area contributed by atoms with Crippen molar-refractivity contribution in [3.8, 4) is 0 Å². The number of hydrogen-bond acceptors (Lipinski definition) is 3. The lowest BCUT2D eigenvalue weighted by Gasteiger charge is -1.98. The number of nitro groups is 1. The maximum atomic E-state index is 10.7. The first-order chi connectivity index (χ1) is 7.19. The molecule has 0 radical (unpaired) electrons. The van der Waals surface area contributed by atoms with E-state index in [0.29, 0.717) is 22.7 Å². The minimum absolute atomic E-state index is 0.0758. The Labute approximate surface area is 94.9 Å². The third-order valence-electron chi connectivity index (χ3n) is 1.79. The molecular weight excluding hydrogens is 262 g/mol. The van der Waals surface area contributed by atoms with E-state index in [9.17, 15) is 14.9 Å². The molecule has 0 unspecified atom stereocenters. The Morgan fingerprint density at radius 3 is 2.67 bits per heavy atom. The molecule has 0 heterocycles. The van der Waals surface area contributed by atoms with Gasteiger partial charge in [0.25, 0.3) is 5.69 Å². The molecule has 0 aliphatic rings. The molecule has 0 saturated heterocycles. The van der Waals surface area contributed by atoms with Crippen molar-refractivity contribution in [2.24, 2.45) is 0 Å². The predicted octanol–water partition coefficient (Wildman–Crippen LogP) is 2.82. The zero-order chi connectivity index (χ0) is 11.3. The number of hydrogen-bond donors (Lipinski definition) is 0. The quantitative estimate of drug-likeness (QED) is 0.366. The highest BCUT2D eigenvalue weighted by Crippen LogP contribution is 2.17. The number of carbonyl (C=O) groups excluding carboxylic acids is 1. The summed E-state index contributed by atoms with van der Waals surface area (Å²) in [5.74, 6) is 0. The fraction of sp³-hybridized carbons (Fsp3) is 0.100. The maximum absolute atomic E-state index is 10.7. The van der Waals surface area contributed by atoms with Gasteiger partial charge in [0.15, 0.2) is 6.29 Å². The molecule has 0 aromatic heterocycles.